The molecule has 118 valence electrons. The summed E-state index contributed by atoms with van der Waals surface area (Å²) in [5.41, 5.74) is 9.05. The van der Waals surface area contributed by atoms with E-state index < -0.39 is 6.09 Å². The molecule has 0 spiro atoms. The van der Waals surface area contributed by atoms with E-state index in [-0.39, 0.29) is 0 Å². The lowest BCUT2D eigenvalue weighted by molar-refractivity contribution is 0.211. The normalized spacial score (nSPS) is 10.8. The summed E-state index contributed by atoms with van der Waals surface area (Å²) < 4.78 is 5.01. The lowest BCUT2D eigenvalue weighted by atomic mass is 10.1. The van der Waals surface area contributed by atoms with E-state index in [0.717, 1.165) is 22.3 Å². The van der Waals surface area contributed by atoms with Gasteiger partial charge in [0.15, 0.2) is 5.75 Å². The number of primary amides is 1. The van der Waals surface area contributed by atoms with Gasteiger partial charge in [0.2, 0.25) is 0 Å². The molecule has 0 aliphatic rings. The minimum Gasteiger partial charge on any atom is -0.408 e. The lowest BCUT2D eigenvalue weighted by Gasteiger charge is -2.00. The second-order valence-electron chi connectivity index (χ2n) is 5.18. The van der Waals surface area contributed by atoms with Crippen LogP contribution in [0.2, 0.25) is 0 Å². The fourth-order valence-corrected chi connectivity index (χ4v) is 2.61. The van der Waals surface area contributed by atoms with Crippen LogP contribution in [0.15, 0.2) is 54.7 Å². The highest BCUT2D eigenvalue weighted by molar-refractivity contribution is 5.88. The van der Waals surface area contributed by atoms with Crippen LogP contribution in [0, 0.1) is 0 Å². The van der Waals surface area contributed by atoms with Crippen molar-refractivity contribution in [3.63, 3.8) is 0 Å². The molecule has 2 aromatic carbocycles. The number of nitrogens with zero attached hydrogens (tertiary/aromatic N) is 2. The average Bonchev–Trinajstić information content (AvgIpc) is 3.22. The molecule has 0 aliphatic carbocycles. The number of carbonyl (C=O) groups excluding carboxylic acids is 1. The Morgan fingerprint density at radius 2 is 1.92 bits per heavy atom. The second-order valence-corrected chi connectivity index (χ2v) is 5.18. The van der Waals surface area contributed by atoms with E-state index in [1.807, 2.05) is 36.4 Å². The van der Waals surface area contributed by atoms with Gasteiger partial charge >= 0.3 is 6.09 Å². The Labute approximate surface area is 136 Å². The zero-order valence-corrected chi connectivity index (χ0v) is 12.5. The molecule has 0 atom stereocenters. The number of nitrogens with one attached hydrogen (secondary N) is 2. The summed E-state index contributed by atoms with van der Waals surface area (Å²) in [5.74, 6) is 0.936. The van der Waals surface area contributed by atoms with Crippen molar-refractivity contribution < 1.29 is 9.53 Å². The summed E-state index contributed by atoms with van der Waals surface area (Å²) in [7, 11) is 0. The molecule has 24 heavy (non-hydrogen) atoms. The van der Waals surface area contributed by atoms with Crippen molar-refractivity contribution in [2.45, 2.75) is 0 Å². The van der Waals surface area contributed by atoms with Crippen molar-refractivity contribution in [1.29, 1.82) is 0 Å². The molecule has 0 aliphatic heterocycles. The number of nitrogens with two attached hydrogens (primary N) is 1. The van der Waals surface area contributed by atoms with Gasteiger partial charge in [0.1, 0.15) is 11.3 Å². The number of rotatable bonds is 3. The third kappa shape index (κ3) is 2.38. The Morgan fingerprint density at radius 1 is 1.08 bits per heavy atom. The minimum atomic E-state index is -0.875. The van der Waals surface area contributed by atoms with Crippen molar-refractivity contribution in [2.24, 2.45) is 5.73 Å². The Hall–Kier alpha value is -3.61. The summed E-state index contributed by atoms with van der Waals surface area (Å²) in [6.45, 7) is 0. The first-order valence-corrected chi connectivity index (χ1v) is 7.27. The van der Waals surface area contributed by atoms with Gasteiger partial charge in [-0.25, -0.2) is 9.78 Å². The molecule has 4 rings (SSSR count). The van der Waals surface area contributed by atoms with Crippen LogP contribution in [0.3, 0.4) is 0 Å². The van der Waals surface area contributed by atoms with Gasteiger partial charge in [-0.2, -0.15) is 5.10 Å². The summed E-state index contributed by atoms with van der Waals surface area (Å²) in [4.78, 5) is 18.8. The van der Waals surface area contributed by atoms with Crippen molar-refractivity contribution >= 4 is 17.1 Å². The molecule has 2 heterocycles. The van der Waals surface area contributed by atoms with E-state index >= 15 is 0 Å². The number of H-pyrrole nitrogens is 2. The van der Waals surface area contributed by atoms with Gasteiger partial charge in [0.05, 0.1) is 23.0 Å². The zero-order valence-electron chi connectivity index (χ0n) is 12.5. The van der Waals surface area contributed by atoms with Crippen LogP contribution >= 0.6 is 0 Å². The van der Waals surface area contributed by atoms with Crippen LogP contribution in [0.5, 0.6) is 5.75 Å². The number of carbonyl (C=O) groups is 1. The predicted molar refractivity (Wildman–Crippen MR) is 89.3 cm³/mol. The Kier molecular flexibility index (Phi) is 3.24. The highest BCUT2D eigenvalue weighted by atomic mass is 16.5. The highest BCUT2D eigenvalue weighted by Crippen LogP contribution is 2.31. The molecular formula is C17H13N5O2. The predicted octanol–water partition coefficient (Wildman–Crippen LogP) is 3.08. The standard InChI is InChI=1S/C17H13N5O2/c18-17(23)24-13-8-4-7-12-15(13)21-16(20-12)11-9-19-22-14(11)10-5-2-1-3-6-10/h1-9H,(H2,18,23)(H,19,22)(H,20,21). The largest absolute Gasteiger partial charge is 0.410 e. The zero-order chi connectivity index (χ0) is 16.5. The first kappa shape index (κ1) is 14.0. The molecule has 0 unspecified atom stereocenters. The molecule has 0 fully saturated rings. The molecule has 7 heteroatoms. The molecule has 0 saturated carbocycles. The van der Waals surface area contributed by atoms with E-state index in [1.54, 1.807) is 18.3 Å². The average molecular weight is 319 g/mol. The minimum absolute atomic E-state index is 0.312. The second kappa shape index (κ2) is 5.54. The molecule has 7 nitrogen and oxygen atoms in total. The number of fused-ring (bicyclic) bond motifs is 1. The van der Waals surface area contributed by atoms with Crippen molar-refractivity contribution in [2.75, 3.05) is 0 Å². The fourth-order valence-electron chi connectivity index (χ4n) is 2.61. The van der Waals surface area contributed by atoms with Gasteiger partial charge in [-0.1, -0.05) is 36.4 Å². The Morgan fingerprint density at radius 3 is 2.71 bits per heavy atom. The van der Waals surface area contributed by atoms with Gasteiger partial charge < -0.3 is 15.5 Å². The molecule has 0 radical (unpaired) electrons. The van der Waals surface area contributed by atoms with Crippen LogP contribution in [0.25, 0.3) is 33.7 Å². The number of aromatic amines is 2. The van der Waals surface area contributed by atoms with Crippen LogP contribution in [0.4, 0.5) is 4.79 Å². The van der Waals surface area contributed by atoms with Crippen LogP contribution < -0.4 is 10.5 Å². The fraction of sp³-hybridized carbons (Fsp3) is 0. The van der Waals surface area contributed by atoms with Crippen molar-refractivity contribution in [1.82, 2.24) is 20.2 Å². The number of imidazole rings is 1. The maximum Gasteiger partial charge on any atom is 0.410 e. The molecule has 4 N–H and O–H groups in total. The van der Waals surface area contributed by atoms with E-state index in [1.165, 1.54) is 0 Å². The van der Waals surface area contributed by atoms with E-state index in [4.69, 9.17) is 10.5 Å². The van der Waals surface area contributed by atoms with Crippen LogP contribution in [-0.2, 0) is 0 Å². The number of amides is 1. The topological polar surface area (TPSA) is 110 Å². The summed E-state index contributed by atoms with van der Waals surface area (Å²) >= 11 is 0. The number of ether oxygens (including phenoxy) is 1. The van der Waals surface area contributed by atoms with Gasteiger partial charge in [-0.3, -0.25) is 5.10 Å². The number of para-hydroxylation sites is 1. The Bertz CT molecular complexity index is 1020. The summed E-state index contributed by atoms with van der Waals surface area (Å²) in [6.07, 6.45) is 0.828. The van der Waals surface area contributed by atoms with Gasteiger partial charge in [-0.05, 0) is 12.1 Å². The maximum atomic E-state index is 11.0. The summed E-state index contributed by atoms with van der Waals surface area (Å²) in [5, 5.41) is 7.12. The van der Waals surface area contributed by atoms with Gasteiger partial charge in [-0.15, -0.1) is 0 Å². The number of hydrogen-bond acceptors (Lipinski definition) is 4. The smallest absolute Gasteiger partial charge is 0.408 e. The van der Waals surface area contributed by atoms with E-state index in [9.17, 15) is 4.79 Å². The lowest BCUT2D eigenvalue weighted by Crippen LogP contribution is -2.16. The monoisotopic (exact) mass is 319 g/mol. The third-order valence-electron chi connectivity index (χ3n) is 3.64. The molecule has 4 aromatic rings. The van der Waals surface area contributed by atoms with E-state index in [0.29, 0.717) is 17.1 Å². The van der Waals surface area contributed by atoms with Crippen molar-refractivity contribution in [3.8, 4) is 28.4 Å². The number of hydrogen-bond donors (Lipinski definition) is 3. The number of benzene rings is 2. The third-order valence-corrected chi connectivity index (χ3v) is 3.64. The van der Waals surface area contributed by atoms with Gasteiger partial charge in [0.25, 0.3) is 0 Å². The molecule has 1 amide bonds. The number of aromatic nitrogens is 4. The van der Waals surface area contributed by atoms with Crippen LogP contribution in [0.1, 0.15) is 0 Å². The van der Waals surface area contributed by atoms with Crippen molar-refractivity contribution in [3.05, 3.63) is 54.7 Å². The molecule has 2 aromatic heterocycles. The molecular weight excluding hydrogens is 306 g/mol. The first-order chi connectivity index (χ1) is 11.7. The Balaban J connectivity index is 1.84. The van der Waals surface area contributed by atoms with Crippen LogP contribution in [-0.4, -0.2) is 26.3 Å². The first-order valence-electron chi connectivity index (χ1n) is 7.27. The SMILES string of the molecule is NC(=O)Oc1cccc2[nH]c(-c3cn[nH]c3-c3ccccc3)nc12. The quantitative estimate of drug-likeness (QED) is 0.539. The maximum absolute atomic E-state index is 11.0. The van der Waals surface area contributed by atoms with Gasteiger partial charge in [0, 0.05) is 5.56 Å². The molecule has 0 saturated heterocycles. The summed E-state index contributed by atoms with van der Waals surface area (Å²) in [6, 6.07) is 15.1. The molecule has 0 bridgehead atoms. The highest BCUT2D eigenvalue weighted by Gasteiger charge is 2.16. The van der Waals surface area contributed by atoms with E-state index in [2.05, 4.69) is 20.2 Å².